The Morgan fingerprint density at radius 1 is 0.507 bits per heavy atom. The summed E-state index contributed by atoms with van der Waals surface area (Å²) in [6.45, 7) is 3.79. The van der Waals surface area contributed by atoms with Crippen molar-refractivity contribution in [1.82, 2.24) is 0 Å². The number of allylic oxidation sites excluding steroid dienone is 5. The van der Waals surface area contributed by atoms with E-state index in [9.17, 15) is 38.9 Å². The van der Waals surface area contributed by atoms with Gasteiger partial charge in [-0.25, -0.2) is 9.13 Å². The van der Waals surface area contributed by atoms with Gasteiger partial charge in [-0.2, -0.15) is 0 Å². The Balaban J connectivity index is 4.58. The second-order valence-electron chi connectivity index (χ2n) is 18.2. The third kappa shape index (κ3) is 47.7. The van der Waals surface area contributed by atoms with E-state index in [4.69, 9.17) is 23.8 Å². The number of carbonyl (C=O) groups excluding carboxylic acids is 2. The van der Waals surface area contributed by atoms with E-state index in [1.54, 1.807) is 6.08 Å². The van der Waals surface area contributed by atoms with Crippen molar-refractivity contribution < 1.29 is 71.8 Å². The predicted octanol–water partition coefficient (Wildman–Crippen LogP) is 11.8. The van der Waals surface area contributed by atoms with E-state index < -0.39 is 78.4 Å². The lowest BCUT2D eigenvalue weighted by Gasteiger charge is -2.20. The number of phosphoric acid groups is 2. The fourth-order valence-electron chi connectivity index (χ4n) is 7.11. The second kappa shape index (κ2) is 44.2. The maximum atomic E-state index is 12.8. The highest BCUT2D eigenvalue weighted by atomic mass is 31.2. The van der Waals surface area contributed by atoms with Gasteiger partial charge in [0, 0.05) is 12.8 Å². The molecule has 3 unspecified atom stereocenters. The Morgan fingerprint density at radius 2 is 0.985 bits per heavy atom. The molecule has 0 aliphatic rings. The van der Waals surface area contributed by atoms with Crippen LogP contribution in [0.15, 0.2) is 36.5 Å². The smallest absolute Gasteiger partial charge is 0.462 e. The van der Waals surface area contributed by atoms with E-state index in [0.717, 1.165) is 44.4 Å². The van der Waals surface area contributed by atoms with Crippen molar-refractivity contribution in [1.29, 1.82) is 0 Å². The molecule has 0 saturated carbocycles. The maximum Gasteiger partial charge on any atom is 0.472 e. The van der Waals surface area contributed by atoms with Crippen LogP contribution < -0.4 is 0 Å². The first kappa shape index (κ1) is 65.3. The monoisotopic (exact) mass is 997 g/mol. The van der Waals surface area contributed by atoms with E-state index >= 15 is 0 Å². The van der Waals surface area contributed by atoms with Crippen LogP contribution in [0.2, 0.25) is 0 Å². The zero-order valence-electron chi connectivity index (χ0n) is 41.6. The van der Waals surface area contributed by atoms with Crippen molar-refractivity contribution in [2.24, 2.45) is 5.92 Å². The number of rotatable bonds is 48. The van der Waals surface area contributed by atoms with Gasteiger partial charge in [-0.05, 0) is 57.3 Å². The first-order chi connectivity index (χ1) is 32.0. The summed E-state index contributed by atoms with van der Waals surface area (Å²) in [5.74, 6) is -0.485. The number of esters is 2. The van der Waals surface area contributed by atoms with E-state index in [0.29, 0.717) is 12.8 Å². The molecular formula is C50H94O15P2. The van der Waals surface area contributed by atoms with E-state index in [-0.39, 0.29) is 32.1 Å². The first-order valence-corrected chi connectivity index (χ1v) is 28.7. The molecule has 17 heteroatoms. The Labute approximate surface area is 404 Å². The van der Waals surface area contributed by atoms with Crippen molar-refractivity contribution >= 4 is 27.6 Å². The fourth-order valence-corrected chi connectivity index (χ4v) is 8.26. The largest absolute Gasteiger partial charge is 0.472 e. The molecule has 0 aromatic heterocycles. The molecule has 0 radical (unpaired) electrons. The zero-order chi connectivity index (χ0) is 49.9. The van der Waals surface area contributed by atoms with Crippen LogP contribution in [0.25, 0.3) is 0 Å². The minimum atomic E-state index is -4.90. The Hall–Kier alpha value is -1.74. The van der Waals surface area contributed by atoms with Gasteiger partial charge in [0.1, 0.15) is 12.7 Å². The molecule has 0 aromatic carbocycles. The lowest BCUT2D eigenvalue weighted by molar-refractivity contribution is -0.161. The molecule has 0 fully saturated rings. The van der Waals surface area contributed by atoms with Crippen LogP contribution in [0.5, 0.6) is 0 Å². The van der Waals surface area contributed by atoms with E-state index in [1.807, 2.05) is 12.2 Å². The standard InChI is InChI=1S/C50H94O15P2/c1-4-5-6-7-8-9-10-20-23-26-29-32-36-47(52)48(53)37-34-39-49(54)61-42-46(43-64-67(59,60)63-41-45(51)40-62-66(56,57)58)65-50(55)38-33-30-27-24-21-18-16-14-12-11-13-15-17-19-22-25-28-31-35-44(2)3/h8-9,20,23,29,32,44-48,51-53H,4-7,10-19,21-22,24-28,30-31,33-43H2,1-3H3,(H,59,60)(H2,56,57,58)/b9-8-,23-20-,32-29-/t45-,46+,47?,48?/m0/s1. The number of hydrogen-bond donors (Lipinski definition) is 6. The van der Waals surface area contributed by atoms with E-state index in [2.05, 4.69) is 48.0 Å². The Kier molecular flexibility index (Phi) is 43.1. The molecule has 0 aliphatic carbocycles. The molecule has 0 saturated heterocycles. The fraction of sp³-hybridized carbons (Fsp3) is 0.840. The molecule has 394 valence electrons. The van der Waals surface area contributed by atoms with Crippen molar-refractivity contribution in [2.45, 2.75) is 238 Å². The zero-order valence-corrected chi connectivity index (χ0v) is 43.4. The van der Waals surface area contributed by atoms with Gasteiger partial charge in [0.25, 0.3) is 0 Å². The summed E-state index contributed by atoms with van der Waals surface area (Å²) in [6, 6.07) is 0. The summed E-state index contributed by atoms with van der Waals surface area (Å²) in [5, 5.41) is 30.5. The molecule has 0 amide bonds. The first-order valence-electron chi connectivity index (χ1n) is 25.7. The van der Waals surface area contributed by atoms with Gasteiger partial charge in [-0.3, -0.25) is 23.2 Å². The van der Waals surface area contributed by atoms with Gasteiger partial charge in [-0.1, -0.05) is 186 Å². The average Bonchev–Trinajstić information content (AvgIpc) is 3.27. The van der Waals surface area contributed by atoms with Crippen LogP contribution in [-0.2, 0) is 41.8 Å². The lowest BCUT2D eigenvalue weighted by atomic mass is 10.0. The topological polar surface area (TPSA) is 236 Å². The molecule has 0 rings (SSSR count). The van der Waals surface area contributed by atoms with Gasteiger partial charge in [-0.15, -0.1) is 0 Å². The van der Waals surface area contributed by atoms with Gasteiger partial charge in [0.2, 0.25) is 0 Å². The number of ether oxygens (including phenoxy) is 2. The molecule has 5 atom stereocenters. The van der Waals surface area contributed by atoms with E-state index in [1.165, 1.54) is 109 Å². The van der Waals surface area contributed by atoms with Crippen LogP contribution >= 0.6 is 15.6 Å². The average molecular weight is 997 g/mol. The van der Waals surface area contributed by atoms with Gasteiger partial charge in [0.15, 0.2) is 6.10 Å². The number of phosphoric ester groups is 2. The van der Waals surface area contributed by atoms with Crippen LogP contribution in [0.3, 0.4) is 0 Å². The summed E-state index contributed by atoms with van der Waals surface area (Å²) in [4.78, 5) is 53.0. The van der Waals surface area contributed by atoms with Crippen molar-refractivity contribution in [3.63, 3.8) is 0 Å². The molecule has 0 aliphatic heterocycles. The normalized spacial score (nSPS) is 15.1. The second-order valence-corrected chi connectivity index (χ2v) is 20.9. The lowest BCUT2D eigenvalue weighted by Crippen LogP contribution is -2.30. The molecule has 67 heavy (non-hydrogen) atoms. The van der Waals surface area contributed by atoms with Crippen LogP contribution in [0, 0.1) is 5.92 Å². The maximum absolute atomic E-state index is 12.8. The summed E-state index contributed by atoms with van der Waals surface area (Å²) >= 11 is 0. The molecule has 6 N–H and O–H groups in total. The number of carbonyl (C=O) groups is 2. The third-order valence-electron chi connectivity index (χ3n) is 11.2. The summed E-state index contributed by atoms with van der Waals surface area (Å²) in [6.07, 6.45) is 37.3. The van der Waals surface area contributed by atoms with Crippen molar-refractivity contribution in [3.05, 3.63) is 36.5 Å². The van der Waals surface area contributed by atoms with Crippen molar-refractivity contribution in [3.8, 4) is 0 Å². The number of unbranched alkanes of at least 4 members (excludes halogenated alkanes) is 20. The van der Waals surface area contributed by atoms with Crippen LogP contribution in [-0.4, -0.2) is 92.8 Å². The molecule has 0 bridgehead atoms. The highest BCUT2D eigenvalue weighted by Gasteiger charge is 2.28. The Morgan fingerprint density at radius 3 is 1.52 bits per heavy atom. The highest BCUT2D eigenvalue weighted by molar-refractivity contribution is 7.47. The Bertz CT molecular complexity index is 1370. The SMILES string of the molecule is CCCCC/C=C\C/C=C\C/C=C\CC(O)C(O)CCCC(=O)OC[C@H](COP(=O)(O)OC[C@@H](O)COP(=O)(O)O)OC(=O)CCCCCCCCCCCCCCCCCCCCC(C)C. The summed E-state index contributed by atoms with van der Waals surface area (Å²) in [7, 11) is -9.78. The minimum absolute atomic E-state index is 0.0742. The van der Waals surface area contributed by atoms with Crippen LogP contribution in [0.4, 0.5) is 0 Å². The highest BCUT2D eigenvalue weighted by Crippen LogP contribution is 2.44. The van der Waals surface area contributed by atoms with Crippen molar-refractivity contribution in [2.75, 3.05) is 26.4 Å². The summed E-state index contributed by atoms with van der Waals surface area (Å²) < 4.78 is 47.8. The van der Waals surface area contributed by atoms with Gasteiger partial charge >= 0.3 is 27.6 Å². The summed E-state index contributed by atoms with van der Waals surface area (Å²) in [5.41, 5.74) is 0. The molecule has 15 nitrogen and oxygen atoms in total. The molecule has 0 spiro atoms. The quantitative estimate of drug-likeness (QED) is 0.0144. The molecule has 0 heterocycles. The number of aliphatic hydroxyl groups excluding tert-OH is 3. The van der Waals surface area contributed by atoms with Crippen LogP contribution in [0.1, 0.15) is 213 Å². The predicted molar refractivity (Wildman–Crippen MR) is 265 cm³/mol. The minimum Gasteiger partial charge on any atom is -0.462 e. The third-order valence-corrected chi connectivity index (χ3v) is 12.6. The van der Waals surface area contributed by atoms with Gasteiger partial charge in [0.05, 0.1) is 32.0 Å². The molecular weight excluding hydrogens is 902 g/mol. The number of aliphatic hydroxyl groups is 3. The van der Waals surface area contributed by atoms with Gasteiger partial charge < -0.3 is 39.5 Å². The number of hydrogen-bond acceptors (Lipinski definition) is 12. The molecule has 0 aromatic rings.